The van der Waals surface area contributed by atoms with Crippen molar-refractivity contribution < 1.29 is 4.79 Å². The zero-order chi connectivity index (χ0) is 19.5. The van der Waals surface area contributed by atoms with Gasteiger partial charge in [0.15, 0.2) is 5.69 Å². The molecule has 0 N–H and O–H groups in total. The van der Waals surface area contributed by atoms with Gasteiger partial charge >= 0.3 is 0 Å². The lowest BCUT2D eigenvalue weighted by Crippen LogP contribution is -2.49. The summed E-state index contributed by atoms with van der Waals surface area (Å²) in [7, 11) is 0. The Kier molecular flexibility index (Phi) is 5.50. The minimum absolute atomic E-state index is 0.107. The van der Waals surface area contributed by atoms with Crippen LogP contribution in [0.15, 0.2) is 54.7 Å². The minimum Gasteiger partial charge on any atom is -0.367 e. The van der Waals surface area contributed by atoms with Gasteiger partial charge in [-0.15, -0.1) is 5.10 Å². The van der Waals surface area contributed by atoms with Crippen molar-refractivity contribution >= 4 is 34.8 Å². The van der Waals surface area contributed by atoms with Crippen molar-refractivity contribution in [1.82, 2.24) is 19.9 Å². The predicted molar refractivity (Wildman–Crippen MR) is 110 cm³/mol. The molecule has 0 unspecified atom stereocenters. The van der Waals surface area contributed by atoms with Crippen LogP contribution in [-0.2, 0) is 6.54 Å². The molecule has 0 radical (unpaired) electrons. The fourth-order valence-corrected chi connectivity index (χ4v) is 3.75. The van der Waals surface area contributed by atoms with Crippen molar-refractivity contribution in [3.8, 4) is 0 Å². The Labute approximate surface area is 173 Å². The number of anilines is 1. The normalized spacial score (nSPS) is 14.4. The first-order valence-electron chi connectivity index (χ1n) is 9.04. The fraction of sp³-hybridized carbons (Fsp3) is 0.250. The number of benzene rings is 2. The van der Waals surface area contributed by atoms with E-state index in [1.807, 2.05) is 48.5 Å². The smallest absolute Gasteiger partial charge is 0.276 e. The van der Waals surface area contributed by atoms with Crippen LogP contribution in [0.1, 0.15) is 16.1 Å². The minimum atomic E-state index is -0.107. The van der Waals surface area contributed by atoms with Gasteiger partial charge in [-0.25, -0.2) is 4.68 Å². The molecule has 8 heteroatoms. The fourth-order valence-electron chi connectivity index (χ4n) is 3.30. The van der Waals surface area contributed by atoms with Crippen LogP contribution in [0, 0.1) is 0 Å². The molecule has 4 rings (SSSR count). The molecular formula is C20H19Cl2N5O. The van der Waals surface area contributed by atoms with Gasteiger partial charge < -0.3 is 9.80 Å². The van der Waals surface area contributed by atoms with E-state index in [9.17, 15) is 4.79 Å². The van der Waals surface area contributed by atoms with E-state index in [2.05, 4.69) is 15.2 Å². The molecule has 1 fully saturated rings. The Bertz CT molecular complexity index is 982. The number of carbonyl (C=O) groups excluding carboxylic acids is 1. The van der Waals surface area contributed by atoms with Crippen LogP contribution in [0.25, 0.3) is 0 Å². The second-order valence-electron chi connectivity index (χ2n) is 6.62. The highest BCUT2D eigenvalue weighted by Crippen LogP contribution is 2.26. The summed E-state index contributed by atoms with van der Waals surface area (Å²) in [6.07, 6.45) is 1.67. The Balaban J connectivity index is 1.39. The summed E-state index contributed by atoms with van der Waals surface area (Å²) >= 11 is 12.5. The number of hydrogen-bond donors (Lipinski definition) is 0. The quantitative estimate of drug-likeness (QED) is 0.653. The van der Waals surface area contributed by atoms with E-state index in [-0.39, 0.29) is 5.91 Å². The Morgan fingerprint density at radius 1 is 0.929 bits per heavy atom. The van der Waals surface area contributed by atoms with Crippen molar-refractivity contribution in [1.29, 1.82) is 0 Å². The third-order valence-electron chi connectivity index (χ3n) is 4.81. The molecule has 0 bridgehead atoms. The second kappa shape index (κ2) is 8.20. The SMILES string of the molecule is O=C(c1cn(Cc2ccccc2Cl)nn1)N1CCN(c2ccccc2Cl)CC1. The number of carbonyl (C=O) groups is 1. The van der Waals surface area contributed by atoms with Crippen molar-refractivity contribution in [2.75, 3.05) is 31.1 Å². The lowest BCUT2D eigenvalue weighted by Gasteiger charge is -2.36. The third kappa shape index (κ3) is 3.98. The van der Waals surface area contributed by atoms with Crippen LogP contribution >= 0.6 is 23.2 Å². The average Bonchev–Trinajstić information content (AvgIpc) is 3.18. The van der Waals surface area contributed by atoms with Crippen molar-refractivity contribution in [2.45, 2.75) is 6.54 Å². The Morgan fingerprint density at radius 2 is 1.61 bits per heavy atom. The van der Waals surface area contributed by atoms with Gasteiger partial charge in [-0.05, 0) is 23.8 Å². The van der Waals surface area contributed by atoms with E-state index in [1.54, 1.807) is 15.8 Å². The van der Waals surface area contributed by atoms with E-state index in [0.29, 0.717) is 30.4 Å². The molecule has 3 aromatic rings. The number of aromatic nitrogens is 3. The number of rotatable bonds is 4. The number of amides is 1. The first-order chi connectivity index (χ1) is 13.6. The summed E-state index contributed by atoms with van der Waals surface area (Å²) in [5, 5.41) is 9.52. The highest BCUT2D eigenvalue weighted by Gasteiger charge is 2.25. The monoisotopic (exact) mass is 415 g/mol. The predicted octanol–water partition coefficient (Wildman–Crippen LogP) is 3.60. The number of para-hydroxylation sites is 1. The molecule has 1 saturated heterocycles. The van der Waals surface area contributed by atoms with E-state index in [1.165, 1.54) is 0 Å². The number of nitrogens with zero attached hydrogens (tertiary/aromatic N) is 5. The molecule has 0 spiro atoms. The molecule has 1 aliphatic rings. The van der Waals surface area contributed by atoms with Crippen LogP contribution in [0.2, 0.25) is 10.0 Å². The molecule has 2 aromatic carbocycles. The number of hydrogen-bond acceptors (Lipinski definition) is 4. The zero-order valence-electron chi connectivity index (χ0n) is 15.1. The van der Waals surface area contributed by atoms with Gasteiger partial charge in [0.05, 0.1) is 23.5 Å². The van der Waals surface area contributed by atoms with E-state index < -0.39 is 0 Å². The Morgan fingerprint density at radius 3 is 2.32 bits per heavy atom. The number of halogens is 2. The lowest BCUT2D eigenvalue weighted by atomic mass is 10.2. The van der Waals surface area contributed by atoms with E-state index in [0.717, 1.165) is 29.4 Å². The van der Waals surface area contributed by atoms with E-state index >= 15 is 0 Å². The Hall–Kier alpha value is -2.57. The van der Waals surface area contributed by atoms with Crippen molar-refractivity contribution in [3.05, 3.63) is 76.0 Å². The summed E-state index contributed by atoms with van der Waals surface area (Å²) in [6, 6.07) is 15.3. The molecule has 2 heterocycles. The van der Waals surface area contributed by atoms with Gasteiger partial charge in [-0.2, -0.15) is 0 Å². The zero-order valence-corrected chi connectivity index (χ0v) is 16.6. The lowest BCUT2D eigenvalue weighted by molar-refractivity contribution is 0.0740. The third-order valence-corrected chi connectivity index (χ3v) is 5.50. The van der Waals surface area contributed by atoms with Gasteiger partial charge in [-0.1, -0.05) is 58.7 Å². The summed E-state index contributed by atoms with van der Waals surface area (Å²) in [5.41, 5.74) is 2.28. The van der Waals surface area contributed by atoms with Gasteiger partial charge in [-0.3, -0.25) is 4.79 Å². The largest absolute Gasteiger partial charge is 0.367 e. The van der Waals surface area contributed by atoms with Gasteiger partial charge in [0.1, 0.15) is 0 Å². The first kappa shape index (κ1) is 18.8. The average molecular weight is 416 g/mol. The molecule has 1 aliphatic heterocycles. The first-order valence-corrected chi connectivity index (χ1v) is 9.80. The van der Waals surface area contributed by atoms with Crippen LogP contribution in [0.4, 0.5) is 5.69 Å². The van der Waals surface area contributed by atoms with Gasteiger partial charge in [0.2, 0.25) is 0 Å². The molecule has 0 aliphatic carbocycles. The molecule has 6 nitrogen and oxygen atoms in total. The summed E-state index contributed by atoms with van der Waals surface area (Å²) in [6.45, 7) is 3.15. The maximum atomic E-state index is 12.8. The molecule has 1 aromatic heterocycles. The van der Waals surface area contributed by atoms with Gasteiger partial charge in [0.25, 0.3) is 5.91 Å². The van der Waals surface area contributed by atoms with Crippen LogP contribution in [-0.4, -0.2) is 52.0 Å². The van der Waals surface area contributed by atoms with Crippen molar-refractivity contribution in [3.63, 3.8) is 0 Å². The highest BCUT2D eigenvalue weighted by molar-refractivity contribution is 6.33. The molecule has 1 amide bonds. The summed E-state index contributed by atoms with van der Waals surface area (Å²) < 4.78 is 1.63. The molecule has 28 heavy (non-hydrogen) atoms. The summed E-state index contributed by atoms with van der Waals surface area (Å²) in [5.74, 6) is -0.107. The van der Waals surface area contributed by atoms with Crippen LogP contribution < -0.4 is 4.90 Å². The van der Waals surface area contributed by atoms with Crippen LogP contribution in [0.3, 0.4) is 0 Å². The summed E-state index contributed by atoms with van der Waals surface area (Å²) in [4.78, 5) is 16.8. The van der Waals surface area contributed by atoms with Crippen LogP contribution in [0.5, 0.6) is 0 Å². The second-order valence-corrected chi connectivity index (χ2v) is 7.44. The number of piperazine rings is 1. The van der Waals surface area contributed by atoms with E-state index in [4.69, 9.17) is 23.2 Å². The van der Waals surface area contributed by atoms with Gasteiger partial charge in [0, 0.05) is 31.2 Å². The maximum Gasteiger partial charge on any atom is 0.276 e. The molecule has 0 saturated carbocycles. The van der Waals surface area contributed by atoms with Crippen molar-refractivity contribution in [2.24, 2.45) is 0 Å². The standard InChI is InChI=1S/C20H19Cl2N5O/c21-16-6-2-1-5-15(16)13-27-14-18(23-24-27)20(28)26-11-9-25(10-12-26)19-8-4-3-7-17(19)22/h1-8,14H,9-13H2. The molecule has 0 atom stereocenters. The molecular weight excluding hydrogens is 397 g/mol. The maximum absolute atomic E-state index is 12.8. The highest BCUT2D eigenvalue weighted by atomic mass is 35.5. The molecule has 144 valence electrons. The topological polar surface area (TPSA) is 54.3 Å².